The fourth-order valence-corrected chi connectivity index (χ4v) is 2.84. The Morgan fingerprint density at radius 1 is 1.37 bits per heavy atom. The van der Waals surface area contributed by atoms with E-state index in [2.05, 4.69) is 0 Å². The normalized spacial score (nSPS) is 30.3. The Morgan fingerprint density at radius 3 is 2.53 bits per heavy atom. The van der Waals surface area contributed by atoms with Crippen molar-refractivity contribution in [1.82, 2.24) is 4.90 Å². The summed E-state index contributed by atoms with van der Waals surface area (Å²) in [7, 11) is 0. The molecule has 2 aliphatic heterocycles. The maximum absolute atomic E-state index is 12.6. The molecular weight excluding hydrogens is 252 g/mol. The van der Waals surface area contributed by atoms with Crippen LogP contribution in [0.4, 0.5) is 0 Å². The fraction of sp³-hybridized carbons (Fsp3) is 0.833. The molecule has 0 aliphatic carbocycles. The minimum Gasteiger partial charge on any atom is -0.480 e. The van der Waals surface area contributed by atoms with E-state index in [1.54, 1.807) is 0 Å². The maximum Gasteiger partial charge on any atom is 0.326 e. The lowest BCUT2D eigenvalue weighted by atomic mass is 9.78. The number of ether oxygens (including phenoxy) is 1. The van der Waals surface area contributed by atoms with Crippen LogP contribution in [0.2, 0.25) is 0 Å². The molecule has 2 rings (SSSR count). The molecule has 1 amide bonds. The van der Waals surface area contributed by atoms with E-state index in [1.807, 2.05) is 0 Å². The van der Waals surface area contributed by atoms with Gasteiger partial charge >= 0.3 is 5.97 Å². The van der Waals surface area contributed by atoms with Gasteiger partial charge in [0.05, 0.1) is 11.5 Å². The third-order valence-corrected chi connectivity index (χ3v) is 4.12. The number of carbonyl (C=O) groups is 2. The number of hydrogen-bond acceptors (Lipinski definition) is 5. The van der Waals surface area contributed by atoms with Crippen LogP contribution in [0.5, 0.6) is 0 Å². The number of carboxylic acids is 1. The smallest absolute Gasteiger partial charge is 0.326 e. The lowest BCUT2D eigenvalue weighted by Gasteiger charge is -2.38. The van der Waals surface area contributed by atoms with E-state index >= 15 is 0 Å². The average Bonchev–Trinajstić information content (AvgIpc) is 2.81. The lowest BCUT2D eigenvalue weighted by Crippen LogP contribution is -2.53. The molecule has 2 aliphatic rings. The Labute approximate surface area is 111 Å². The number of carbonyl (C=O) groups excluding carboxylic acids is 1. The van der Waals surface area contributed by atoms with Crippen molar-refractivity contribution in [2.45, 2.75) is 31.4 Å². The SMILES string of the molecule is NCC1(C(=O)N2C[C@H](O)C[C@H]2C(=O)O)CCOCC1. The molecule has 0 aromatic heterocycles. The number of aliphatic carboxylic acids is 1. The second kappa shape index (κ2) is 5.44. The van der Waals surface area contributed by atoms with Gasteiger partial charge in [0.2, 0.25) is 5.91 Å². The van der Waals surface area contributed by atoms with Crippen LogP contribution in [0.25, 0.3) is 0 Å². The van der Waals surface area contributed by atoms with E-state index in [9.17, 15) is 14.7 Å². The molecule has 0 unspecified atom stereocenters. The molecule has 0 radical (unpaired) electrons. The summed E-state index contributed by atoms with van der Waals surface area (Å²) in [5.74, 6) is -1.34. The van der Waals surface area contributed by atoms with Gasteiger partial charge < -0.3 is 25.6 Å². The van der Waals surface area contributed by atoms with Gasteiger partial charge in [0.15, 0.2) is 0 Å². The van der Waals surface area contributed by atoms with Crippen LogP contribution in [0.15, 0.2) is 0 Å². The third-order valence-electron chi connectivity index (χ3n) is 4.12. The Hall–Kier alpha value is -1.18. The molecule has 0 saturated carbocycles. The first-order valence-corrected chi connectivity index (χ1v) is 6.50. The quantitative estimate of drug-likeness (QED) is 0.594. The van der Waals surface area contributed by atoms with E-state index in [1.165, 1.54) is 4.90 Å². The summed E-state index contributed by atoms with van der Waals surface area (Å²) >= 11 is 0. The van der Waals surface area contributed by atoms with Crippen LogP contribution >= 0.6 is 0 Å². The Morgan fingerprint density at radius 2 is 2.00 bits per heavy atom. The number of β-amino-alcohol motifs (C(OH)–C–C–N with tert-alkyl or cyclic N) is 1. The second-order valence-corrected chi connectivity index (χ2v) is 5.30. The highest BCUT2D eigenvalue weighted by Gasteiger charge is 2.47. The van der Waals surface area contributed by atoms with Gasteiger partial charge in [0, 0.05) is 32.7 Å². The highest BCUT2D eigenvalue weighted by Crippen LogP contribution is 2.34. The zero-order chi connectivity index (χ0) is 14.0. The number of likely N-dealkylation sites (tertiary alicyclic amines) is 1. The van der Waals surface area contributed by atoms with Gasteiger partial charge in [-0.3, -0.25) is 4.79 Å². The first-order valence-electron chi connectivity index (χ1n) is 6.50. The van der Waals surface area contributed by atoms with Crippen molar-refractivity contribution in [3.8, 4) is 0 Å². The van der Waals surface area contributed by atoms with Gasteiger partial charge in [-0.2, -0.15) is 0 Å². The van der Waals surface area contributed by atoms with Crippen LogP contribution in [0.3, 0.4) is 0 Å². The Bertz CT molecular complexity index is 367. The van der Waals surface area contributed by atoms with Gasteiger partial charge in [0.25, 0.3) is 0 Å². The monoisotopic (exact) mass is 272 g/mol. The second-order valence-electron chi connectivity index (χ2n) is 5.30. The van der Waals surface area contributed by atoms with E-state index < -0.39 is 23.5 Å². The van der Waals surface area contributed by atoms with Gasteiger partial charge in [-0.05, 0) is 12.8 Å². The third kappa shape index (κ3) is 2.58. The number of aliphatic hydroxyl groups is 1. The highest BCUT2D eigenvalue weighted by atomic mass is 16.5. The molecule has 108 valence electrons. The van der Waals surface area contributed by atoms with Gasteiger partial charge in [0.1, 0.15) is 6.04 Å². The molecule has 2 atom stereocenters. The molecule has 0 aromatic carbocycles. The molecule has 2 heterocycles. The summed E-state index contributed by atoms with van der Waals surface area (Å²) in [4.78, 5) is 25.1. The minimum absolute atomic E-state index is 0.0679. The van der Waals surface area contributed by atoms with Crippen molar-refractivity contribution in [1.29, 1.82) is 0 Å². The average molecular weight is 272 g/mol. The molecule has 0 aromatic rings. The molecule has 0 spiro atoms. The summed E-state index contributed by atoms with van der Waals surface area (Å²) in [5.41, 5.74) is 5.01. The number of hydrogen-bond donors (Lipinski definition) is 3. The molecule has 0 bridgehead atoms. The number of nitrogens with zero attached hydrogens (tertiary/aromatic N) is 1. The Kier molecular flexibility index (Phi) is 4.07. The molecular formula is C12H20N2O5. The zero-order valence-corrected chi connectivity index (χ0v) is 10.7. The summed E-state index contributed by atoms with van der Waals surface area (Å²) in [5, 5.41) is 18.8. The topological polar surface area (TPSA) is 113 Å². The molecule has 2 saturated heterocycles. The van der Waals surface area contributed by atoms with Crippen molar-refractivity contribution >= 4 is 11.9 Å². The first kappa shape index (κ1) is 14.2. The summed E-state index contributed by atoms with van der Waals surface area (Å²) in [6, 6.07) is -0.950. The van der Waals surface area contributed by atoms with Crippen LogP contribution in [0, 0.1) is 5.41 Å². The standard InChI is InChI=1S/C12H20N2O5/c13-7-12(1-3-19-4-2-12)11(18)14-6-8(15)5-9(14)10(16)17/h8-9,15H,1-7,13H2,(H,16,17)/t8-,9+/m1/s1. The summed E-state index contributed by atoms with van der Waals surface area (Å²) in [6.45, 7) is 1.15. The van der Waals surface area contributed by atoms with E-state index in [0.29, 0.717) is 26.1 Å². The summed E-state index contributed by atoms with van der Waals surface area (Å²) in [6.07, 6.45) is 0.306. The zero-order valence-electron chi connectivity index (χ0n) is 10.7. The number of carboxylic acid groups (broad SMARTS) is 1. The largest absolute Gasteiger partial charge is 0.480 e. The Balaban J connectivity index is 2.19. The lowest BCUT2D eigenvalue weighted by molar-refractivity contribution is -0.156. The van der Waals surface area contributed by atoms with Crippen molar-refractivity contribution in [3.63, 3.8) is 0 Å². The fourth-order valence-electron chi connectivity index (χ4n) is 2.84. The molecule has 7 heteroatoms. The van der Waals surface area contributed by atoms with Crippen molar-refractivity contribution < 1.29 is 24.5 Å². The van der Waals surface area contributed by atoms with Crippen molar-refractivity contribution in [2.75, 3.05) is 26.3 Å². The highest BCUT2D eigenvalue weighted by molar-refractivity contribution is 5.88. The van der Waals surface area contributed by atoms with E-state index in [0.717, 1.165) is 0 Å². The predicted molar refractivity (Wildman–Crippen MR) is 65.3 cm³/mol. The first-order chi connectivity index (χ1) is 9.00. The van der Waals surface area contributed by atoms with Crippen molar-refractivity contribution in [2.24, 2.45) is 11.1 Å². The predicted octanol–water partition coefficient (Wildman–Crippen LogP) is -1.21. The van der Waals surface area contributed by atoms with Crippen LogP contribution in [0.1, 0.15) is 19.3 Å². The summed E-state index contributed by atoms with van der Waals surface area (Å²) < 4.78 is 5.24. The van der Waals surface area contributed by atoms with Crippen LogP contribution in [-0.4, -0.2) is 65.4 Å². The molecule has 19 heavy (non-hydrogen) atoms. The number of aliphatic hydroxyl groups excluding tert-OH is 1. The van der Waals surface area contributed by atoms with Crippen LogP contribution < -0.4 is 5.73 Å². The molecule has 7 nitrogen and oxygen atoms in total. The number of nitrogens with two attached hydrogens (primary N) is 1. The van der Waals surface area contributed by atoms with Gasteiger partial charge in [-0.15, -0.1) is 0 Å². The minimum atomic E-state index is -1.08. The van der Waals surface area contributed by atoms with Crippen LogP contribution in [-0.2, 0) is 14.3 Å². The maximum atomic E-state index is 12.6. The molecule has 4 N–H and O–H groups in total. The van der Waals surface area contributed by atoms with Crippen molar-refractivity contribution in [3.05, 3.63) is 0 Å². The van der Waals surface area contributed by atoms with E-state index in [4.69, 9.17) is 15.6 Å². The van der Waals surface area contributed by atoms with Gasteiger partial charge in [-0.1, -0.05) is 0 Å². The number of rotatable bonds is 3. The molecule has 2 fully saturated rings. The van der Waals surface area contributed by atoms with Gasteiger partial charge in [-0.25, -0.2) is 4.79 Å². The van der Waals surface area contributed by atoms with E-state index in [-0.39, 0.29) is 25.4 Å². The number of amides is 1.